The second kappa shape index (κ2) is 5.10. The van der Waals surface area contributed by atoms with Gasteiger partial charge in [-0.2, -0.15) is 0 Å². The Hall–Kier alpha value is -0.120. The van der Waals surface area contributed by atoms with E-state index in [9.17, 15) is 0 Å². The first-order valence-corrected chi connectivity index (χ1v) is 5.94. The van der Waals surface area contributed by atoms with Crippen LogP contribution in [-0.4, -0.2) is 49.8 Å². The van der Waals surface area contributed by atoms with Gasteiger partial charge in [0.2, 0.25) is 0 Å². The monoisotopic (exact) mass is 198 g/mol. The van der Waals surface area contributed by atoms with E-state index in [0.717, 1.165) is 19.7 Å². The van der Waals surface area contributed by atoms with E-state index < -0.39 is 0 Å². The van der Waals surface area contributed by atoms with Crippen molar-refractivity contribution in [2.45, 2.75) is 38.3 Å². The zero-order valence-corrected chi connectivity index (χ0v) is 9.17. The van der Waals surface area contributed by atoms with Gasteiger partial charge in [0.25, 0.3) is 0 Å². The molecule has 0 aliphatic carbocycles. The van der Waals surface area contributed by atoms with Crippen LogP contribution in [0.15, 0.2) is 0 Å². The van der Waals surface area contributed by atoms with E-state index in [2.05, 4.69) is 17.1 Å². The van der Waals surface area contributed by atoms with Crippen LogP contribution in [0.25, 0.3) is 0 Å². The second-order valence-electron chi connectivity index (χ2n) is 4.43. The minimum Gasteiger partial charge on any atom is -0.377 e. The van der Waals surface area contributed by atoms with Crippen LogP contribution in [0, 0.1) is 0 Å². The van der Waals surface area contributed by atoms with Crippen molar-refractivity contribution < 1.29 is 4.74 Å². The summed E-state index contributed by atoms with van der Waals surface area (Å²) in [5, 5.41) is 3.39. The number of ether oxygens (including phenoxy) is 1. The molecule has 0 aromatic carbocycles. The summed E-state index contributed by atoms with van der Waals surface area (Å²) >= 11 is 0. The smallest absolute Gasteiger partial charge is 0.0727 e. The first kappa shape index (κ1) is 10.4. The van der Waals surface area contributed by atoms with Crippen molar-refractivity contribution in [3.05, 3.63) is 0 Å². The maximum absolute atomic E-state index is 5.83. The SMILES string of the molecule is CC(C1CCCCO1)N1CCNCC1. The number of hydrogen-bond donors (Lipinski definition) is 1. The van der Waals surface area contributed by atoms with Crippen LogP contribution in [0.2, 0.25) is 0 Å². The maximum Gasteiger partial charge on any atom is 0.0727 e. The van der Waals surface area contributed by atoms with E-state index in [-0.39, 0.29) is 0 Å². The fourth-order valence-electron chi connectivity index (χ4n) is 2.47. The molecule has 0 bridgehead atoms. The molecule has 2 atom stereocenters. The van der Waals surface area contributed by atoms with Gasteiger partial charge in [-0.3, -0.25) is 4.90 Å². The standard InChI is InChI=1S/C11H22N2O/c1-10(11-4-2-3-9-14-11)13-7-5-12-6-8-13/h10-12H,2-9H2,1H3. The molecule has 82 valence electrons. The summed E-state index contributed by atoms with van der Waals surface area (Å²) in [4.78, 5) is 2.56. The Bertz CT molecular complexity index is 145. The Kier molecular flexibility index (Phi) is 3.79. The highest BCUT2D eigenvalue weighted by atomic mass is 16.5. The lowest BCUT2D eigenvalue weighted by atomic mass is 10.0. The number of nitrogens with one attached hydrogen (secondary N) is 1. The van der Waals surface area contributed by atoms with Gasteiger partial charge >= 0.3 is 0 Å². The van der Waals surface area contributed by atoms with Gasteiger partial charge in [-0.25, -0.2) is 0 Å². The molecule has 2 aliphatic rings. The van der Waals surface area contributed by atoms with E-state index in [1.807, 2.05) is 0 Å². The average molecular weight is 198 g/mol. The van der Waals surface area contributed by atoms with Crippen molar-refractivity contribution in [1.29, 1.82) is 0 Å². The number of nitrogens with zero attached hydrogens (tertiary/aromatic N) is 1. The highest BCUT2D eigenvalue weighted by Gasteiger charge is 2.26. The molecule has 0 radical (unpaired) electrons. The topological polar surface area (TPSA) is 24.5 Å². The fourth-order valence-corrected chi connectivity index (χ4v) is 2.47. The Labute approximate surface area is 86.8 Å². The minimum absolute atomic E-state index is 0.488. The predicted molar refractivity (Wildman–Crippen MR) is 57.5 cm³/mol. The molecule has 2 heterocycles. The molecule has 3 heteroatoms. The maximum atomic E-state index is 5.83. The van der Waals surface area contributed by atoms with Crippen molar-refractivity contribution in [1.82, 2.24) is 10.2 Å². The lowest BCUT2D eigenvalue weighted by Crippen LogP contribution is -2.52. The van der Waals surface area contributed by atoms with Crippen LogP contribution < -0.4 is 5.32 Å². The number of hydrogen-bond acceptors (Lipinski definition) is 3. The Balaban J connectivity index is 1.82. The van der Waals surface area contributed by atoms with Crippen molar-refractivity contribution in [3.8, 4) is 0 Å². The van der Waals surface area contributed by atoms with Crippen LogP contribution in [-0.2, 0) is 4.74 Å². The molecule has 14 heavy (non-hydrogen) atoms. The minimum atomic E-state index is 0.488. The van der Waals surface area contributed by atoms with Gasteiger partial charge in [-0.15, -0.1) is 0 Å². The molecule has 2 saturated heterocycles. The lowest BCUT2D eigenvalue weighted by molar-refractivity contribution is -0.0386. The number of piperazine rings is 1. The van der Waals surface area contributed by atoms with Gasteiger partial charge in [0.1, 0.15) is 0 Å². The van der Waals surface area contributed by atoms with Gasteiger partial charge in [0.05, 0.1) is 6.10 Å². The molecule has 0 aromatic rings. The molecule has 0 spiro atoms. The first-order chi connectivity index (χ1) is 6.88. The zero-order valence-electron chi connectivity index (χ0n) is 9.17. The largest absolute Gasteiger partial charge is 0.377 e. The highest BCUT2D eigenvalue weighted by Crippen LogP contribution is 2.19. The molecule has 2 fully saturated rings. The van der Waals surface area contributed by atoms with Crippen LogP contribution in [0.1, 0.15) is 26.2 Å². The summed E-state index contributed by atoms with van der Waals surface area (Å²) in [6.45, 7) is 7.93. The Morgan fingerprint density at radius 1 is 1.29 bits per heavy atom. The van der Waals surface area contributed by atoms with Crippen molar-refractivity contribution in [2.24, 2.45) is 0 Å². The van der Waals surface area contributed by atoms with Gasteiger partial charge in [0, 0.05) is 38.8 Å². The summed E-state index contributed by atoms with van der Waals surface area (Å²) in [7, 11) is 0. The Morgan fingerprint density at radius 2 is 2.07 bits per heavy atom. The van der Waals surface area contributed by atoms with Gasteiger partial charge in [0.15, 0.2) is 0 Å². The van der Waals surface area contributed by atoms with Gasteiger partial charge in [-0.1, -0.05) is 0 Å². The second-order valence-corrected chi connectivity index (χ2v) is 4.43. The zero-order chi connectivity index (χ0) is 9.80. The third-order valence-corrected chi connectivity index (χ3v) is 3.48. The van der Waals surface area contributed by atoms with Crippen molar-refractivity contribution >= 4 is 0 Å². The molecule has 0 aromatic heterocycles. The first-order valence-electron chi connectivity index (χ1n) is 5.94. The number of rotatable bonds is 2. The van der Waals surface area contributed by atoms with Crippen LogP contribution in [0.5, 0.6) is 0 Å². The third kappa shape index (κ3) is 2.47. The van der Waals surface area contributed by atoms with Crippen LogP contribution in [0.3, 0.4) is 0 Å². The molecular weight excluding hydrogens is 176 g/mol. The predicted octanol–water partition coefficient (Wildman–Crippen LogP) is 0.849. The van der Waals surface area contributed by atoms with E-state index in [4.69, 9.17) is 4.74 Å². The van der Waals surface area contributed by atoms with E-state index in [1.54, 1.807) is 0 Å². The summed E-state index contributed by atoms with van der Waals surface area (Å²) in [6.07, 6.45) is 4.35. The summed E-state index contributed by atoms with van der Waals surface area (Å²) < 4.78 is 5.83. The molecular formula is C11H22N2O. The third-order valence-electron chi connectivity index (χ3n) is 3.48. The van der Waals surface area contributed by atoms with E-state index in [1.165, 1.54) is 32.4 Å². The van der Waals surface area contributed by atoms with Crippen LogP contribution in [0.4, 0.5) is 0 Å². The molecule has 0 saturated carbocycles. The van der Waals surface area contributed by atoms with Crippen LogP contribution >= 0.6 is 0 Å². The molecule has 2 aliphatic heterocycles. The highest BCUT2D eigenvalue weighted by molar-refractivity contribution is 4.81. The molecule has 3 nitrogen and oxygen atoms in total. The van der Waals surface area contributed by atoms with Crippen molar-refractivity contribution in [3.63, 3.8) is 0 Å². The molecule has 1 N–H and O–H groups in total. The van der Waals surface area contributed by atoms with E-state index in [0.29, 0.717) is 12.1 Å². The molecule has 2 unspecified atom stereocenters. The fraction of sp³-hybridized carbons (Fsp3) is 1.00. The quantitative estimate of drug-likeness (QED) is 0.712. The van der Waals surface area contributed by atoms with Crippen molar-refractivity contribution in [2.75, 3.05) is 32.8 Å². The normalized spacial score (nSPS) is 32.8. The average Bonchev–Trinajstić information content (AvgIpc) is 2.30. The molecule has 2 rings (SSSR count). The summed E-state index contributed by atoms with van der Waals surface area (Å²) in [5.74, 6) is 0. The summed E-state index contributed by atoms with van der Waals surface area (Å²) in [6, 6.07) is 0.609. The van der Waals surface area contributed by atoms with Gasteiger partial charge in [-0.05, 0) is 26.2 Å². The molecule has 0 amide bonds. The Morgan fingerprint density at radius 3 is 2.71 bits per heavy atom. The van der Waals surface area contributed by atoms with E-state index >= 15 is 0 Å². The van der Waals surface area contributed by atoms with Gasteiger partial charge < -0.3 is 10.1 Å². The lowest BCUT2D eigenvalue weighted by Gasteiger charge is -2.38. The summed E-state index contributed by atoms with van der Waals surface area (Å²) in [5.41, 5.74) is 0.